The number of esters is 1. The van der Waals surface area contributed by atoms with Crippen LogP contribution < -0.4 is 16.2 Å². The molecule has 1 aromatic carbocycles. The van der Waals surface area contributed by atoms with Crippen LogP contribution in [0, 0.1) is 18.8 Å². The number of ether oxygens (including phenoxy) is 1. The first kappa shape index (κ1) is 18.3. The Morgan fingerprint density at radius 3 is 2.50 bits per heavy atom. The molecule has 1 aromatic rings. The number of hydrogen-bond acceptors (Lipinski definition) is 3. The molecular weight excluding hydrogens is 302 g/mol. The van der Waals surface area contributed by atoms with Gasteiger partial charge in [0, 0.05) is 6.54 Å². The topological polar surface area (TPSA) is 90.7 Å². The fourth-order valence-electron chi connectivity index (χ4n) is 3.21. The van der Waals surface area contributed by atoms with Crippen LogP contribution in [0.3, 0.4) is 0 Å². The molecule has 0 atom stereocenters. The van der Waals surface area contributed by atoms with Gasteiger partial charge in [-0.1, -0.05) is 26.0 Å². The minimum absolute atomic E-state index is 0.0269. The second-order valence-corrected chi connectivity index (χ2v) is 7.10. The van der Waals surface area contributed by atoms with Gasteiger partial charge in [0.1, 0.15) is 5.75 Å². The molecule has 0 radical (unpaired) electrons. The second-order valence-electron chi connectivity index (χ2n) is 7.10. The van der Waals surface area contributed by atoms with Crippen molar-refractivity contribution < 1.29 is 9.53 Å². The maximum atomic E-state index is 12.5. The molecule has 5 nitrogen and oxygen atoms in total. The van der Waals surface area contributed by atoms with Gasteiger partial charge in [0.05, 0.1) is 5.92 Å². The van der Waals surface area contributed by atoms with E-state index in [4.69, 9.17) is 16.2 Å². The molecule has 24 heavy (non-hydrogen) atoms. The Morgan fingerprint density at radius 2 is 1.92 bits per heavy atom. The lowest BCUT2D eigenvalue weighted by Gasteiger charge is -2.26. The van der Waals surface area contributed by atoms with Crippen molar-refractivity contribution >= 4 is 11.9 Å². The summed E-state index contributed by atoms with van der Waals surface area (Å²) in [5, 5.41) is 0. The number of carbonyl (C=O) groups is 1. The Balaban J connectivity index is 1.95. The minimum Gasteiger partial charge on any atom is -0.426 e. The van der Waals surface area contributed by atoms with E-state index in [2.05, 4.69) is 31.0 Å². The molecule has 4 N–H and O–H groups in total. The molecule has 2 rings (SSSR count). The summed E-state index contributed by atoms with van der Waals surface area (Å²) in [6.07, 6.45) is 3.60. The SMILES string of the molecule is Cc1ccc(C(C)C)c(OC(=O)C2CCC(CN=C(N)N)CC2)c1. The van der Waals surface area contributed by atoms with E-state index in [9.17, 15) is 4.79 Å². The molecule has 0 unspecified atom stereocenters. The van der Waals surface area contributed by atoms with Crippen LogP contribution in [0.2, 0.25) is 0 Å². The predicted molar refractivity (Wildman–Crippen MR) is 97.0 cm³/mol. The largest absolute Gasteiger partial charge is 0.426 e. The molecule has 1 fully saturated rings. The first-order valence-corrected chi connectivity index (χ1v) is 8.74. The van der Waals surface area contributed by atoms with E-state index in [1.807, 2.05) is 13.0 Å². The molecular formula is C19H29N3O2. The van der Waals surface area contributed by atoms with Crippen LogP contribution in [-0.2, 0) is 4.79 Å². The van der Waals surface area contributed by atoms with Crippen LogP contribution in [0.4, 0.5) is 0 Å². The zero-order valence-electron chi connectivity index (χ0n) is 14.9. The first-order chi connectivity index (χ1) is 11.4. The summed E-state index contributed by atoms with van der Waals surface area (Å²) in [6.45, 7) is 6.88. The van der Waals surface area contributed by atoms with Crippen molar-refractivity contribution in [3.63, 3.8) is 0 Å². The lowest BCUT2D eigenvalue weighted by atomic mass is 9.82. The standard InChI is InChI=1S/C19H29N3O2/c1-12(2)16-9-4-13(3)10-17(16)24-18(23)15-7-5-14(6-8-15)11-22-19(20)21/h4,9-10,12,14-15H,5-8,11H2,1-3H3,(H4,20,21,22). The van der Waals surface area contributed by atoms with Gasteiger partial charge in [-0.05, 0) is 61.6 Å². The molecule has 132 valence electrons. The third kappa shape index (κ3) is 4.98. The molecule has 1 aliphatic rings. The number of aliphatic imine (C=N–C) groups is 1. The summed E-state index contributed by atoms with van der Waals surface area (Å²) >= 11 is 0. The molecule has 0 spiro atoms. The highest BCUT2D eigenvalue weighted by Crippen LogP contribution is 2.32. The van der Waals surface area contributed by atoms with Crippen molar-refractivity contribution in [3.05, 3.63) is 29.3 Å². The fourth-order valence-corrected chi connectivity index (χ4v) is 3.21. The van der Waals surface area contributed by atoms with Crippen molar-refractivity contribution in [2.24, 2.45) is 28.3 Å². The highest BCUT2D eigenvalue weighted by molar-refractivity contribution is 5.76. The summed E-state index contributed by atoms with van der Waals surface area (Å²) in [7, 11) is 0. The van der Waals surface area contributed by atoms with Crippen LogP contribution in [0.1, 0.15) is 56.6 Å². The third-order valence-electron chi connectivity index (χ3n) is 4.71. The quantitative estimate of drug-likeness (QED) is 0.375. The number of carbonyl (C=O) groups excluding carboxylic acids is 1. The van der Waals surface area contributed by atoms with E-state index >= 15 is 0 Å². The molecule has 0 amide bonds. The van der Waals surface area contributed by atoms with Crippen LogP contribution in [0.25, 0.3) is 0 Å². The van der Waals surface area contributed by atoms with Gasteiger partial charge >= 0.3 is 5.97 Å². The maximum absolute atomic E-state index is 12.5. The average molecular weight is 331 g/mol. The van der Waals surface area contributed by atoms with Gasteiger partial charge < -0.3 is 16.2 Å². The fraction of sp³-hybridized carbons (Fsp3) is 0.579. The van der Waals surface area contributed by atoms with E-state index in [1.54, 1.807) is 0 Å². The molecule has 0 heterocycles. The van der Waals surface area contributed by atoms with Crippen LogP contribution in [0.5, 0.6) is 5.75 Å². The number of nitrogens with two attached hydrogens (primary N) is 2. The molecule has 1 aliphatic carbocycles. The lowest BCUT2D eigenvalue weighted by molar-refractivity contribution is -0.140. The van der Waals surface area contributed by atoms with E-state index < -0.39 is 0 Å². The summed E-state index contributed by atoms with van der Waals surface area (Å²) in [5.41, 5.74) is 12.9. The Labute approximate surface area is 144 Å². The molecule has 1 saturated carbocycles. The predicted octanol–water partition coefficient (Wildman–Crippen LogP) is 3.10. The summed E-state index contributed by atoms with van der Waals surface area (Å²) in [4.78, 5) is 16.6. The van der Waals surface area contributed by atoms with Crippen LogP contribution >= 0.6 is 0 Å². The van der Waals surface area contributed by atoms with Crippen molar-refractivity contribution in [1.82, 2.24) is 0 Å². The van der Waals surface area contributed by atoms with Crippen molar-refractivity contribution in [2.75, 3.05) is 6.54 Å². The molecule has 0 aliphatic heterocycles. The van der Waals surface area contributed by atoms with Gasteiger partial charge in [-0.25, -0.2) is 0 Å². The Bertz CT molecular complexity index is 599. The van der Waals surface area contributed by atoms with E-state index in [1.165, 1.54) is 0 Å². The normalized spacial score (nSPS) is 20.7. The second kappa shape index (κ2) is 8.18. The monoisotopic (exact) mass is 331 g/mol. The molecule has 0 aromatic heterocycles. The average Bonchev–Trinajstić information content (AvgIpc) is 2.53. The number of benzene rings is 1. The molecule has 0 saturated heterocycles. The number of hydrogen-bond donors (Lipinski definition) is 2. The number of rotatable bonds is 5. The Kier molecular flexibility index (Phi) is 6.23. The van der Waals surface area contributed by atoms with E-state index in [-0.39, 0.29) is 17.8 Å². The van der Waals surface area contributed by atoms with Gasteiger partial charge in [-0.2, -0.15) is 0 Å². The van der Waals surface area contributed by atoms with Gasteiger partial charge in [0.25, 0.3) is 0 Å². The van der Waals surface area contributed by atoms with Crippen LogP contribution in [-0.4, -0.2) is 18.5 Å². The molecule has 0 bridgehead atoms. The maximum Gasteiger partial charge on any atom is 0.314 e. The van der Waals surface area contributed by atoms with Gasteiger partial charge in [-0.3, -0.25) is 9.79 Å². The number of nitrogens with zero attached hydrogens (tertiary/aromatic N) is 1. The number of guanidine groups is 1. The Morgan fingerprint density at radius 1 is 1.25 bits per heavy atom. The Hall–Kier alpha value is -2.04. The highest BCUT2D eigenvalue weighted by atomic mass is 16.5. The zero-order chi connectivity index (χ0) is 17.7. The minimum atomic E-state index is -0.109. The first-order valence-electron chi connectivity index (χ1n) is 8.74. The zero-order valence-corrected chi connectivity index (χ0v) is 14.9. The van der Waals surface area contributed by atoms with Gasteiger partial charge in [-0.15, -0.1) is 0 Å². The van der Waals surface area contributed by atoms with Crippen LogP contribution in [0.15, 0.2) is 23.2 Å². The van der Waals surface area contributed by atoms with Gasteiger partial charge in [0.15, 0.2) is 5.96 Å². The summed E-state index contributed by atoms with van der Waals surface area (Å²) < 4.78 is 5.75. The summed E-state index contributed by atoms with van der Waals surface area (Å²) in [5.74, 6) is 1.49. The summed E-state index contributed by atoms with van der Waals surface area (Å²) in [6, 6.07) is 6.06. The molecule has 5 heteroatoms. The lowest BCUT2D eigenvalue weighted by Crippen LogP contribution is -2.28. The third-order valence-corrected chi connectivity index (χ3v) is 4.71. The van der Waals surface area contributed by atoms with Crippen molar-refractivity contribution in [2.45, 2.75) is 52.4 Å². The van der Waals surface area contributed by atoms with E-state index in [0.29, 0.717) is 24.1 Å². The van der Waals surface area contributed by atoms with Crippen molar-refractivity contribution in [3.8, 4) is 5.75 Å². The van der Waals surface area contributed by atoms with Crippen molar-refractivity contribution in [1.29, 1.82) is 0 Å². The highest BCUT2D eigenvalue weighted by Gasteiger charge is 2.28. The smallest absolute Gasteiger partial charge is 0.314 e. The van der Waals surface area contributed by atoms with E-state index in [0.717, 1.165) is 36.8 Å². The van der Waals surface area contributed by atoms with Gasteiger partial charge in [0.2, 0.25) is 0 Å². The number of aryl methyl sites for hydroxylation is 1.